The molecule has 0 atom stereocenters. The van der Waals surface area contributed by atoms with Crippen LogP contribution in [-0.2, 0) is 0 Å². The molecule has 0 unspecified atom stereocenters. The first-order chi connectivity index (χ1) is 12.8. The van der Waals surface area contributed by atoms with Crippen LogP contribution in [0.25, 0.3) is 10.6 Å². The second-order valence-corrected chi connectivity index (χ2v) is 7.36. The summed E-state index contributed by atoms with van der Waals surface area (Å²) < 4.78 is 3.99. The molecule has 0 aliphatic heterocycles. The molecule has 0 radical (unpaired) electrons. The first-order valence-corrected chi connectivity index (χ1v) is 9.75. The molecular weight excluding hydrogens is 362 g/mol. The van der Waals surface area contributed by atoms with Crippen LogP contribution in [0.2, 0.25) is 0 Å². The lowest BCUT2D eigenvalue weighted by atomic mass is 9.98. The highest BCUT2D eigenvalue weighted by Crippen LogP contribution is 2.29. The quantitative estimate of drug-likeness (QED) is 0.544. The summed E-state index contributed by atoms with van der Waals surface area (Å²) in [4.78, 5) is 14.5. The second-order valence-electron chi connectivity index (χ2n) is 5.66. The number of carbonyl (C=O) groups is 1. The Bertz CT molecular complexity index is 943. The van der Waals surface area contributed by atoms with Crippen LogP contribution in [0.3, 0.4) is 0 Å². The van der Waals surface area contributed by atoms with Gasteiger partial charge in [0.1, 0.15) is 10.6 Å². The standard InChI is InChI=1S/C20H15N3OS2/c24-20(19-18(22-23-26-19)16-12-7-13-25-16)21-17(14-8-3-1-4-9-14)15-10-5-2-6-11-15/h1-13,17H,(H,21,24). The molecule has 0 bridgehead atoms. The van der Waals surface area contributed by atoms with Crippen LogP contribution in [0.1, 0.15) is 26.8 Å². The highest BCUT2D eigenvalue weighted by atomic mass is 32.1. The second kappa shape index (κ2) is 7.59. The van der Waals surface area contributed by atoms with E-state index in [0.717, 1.165) is 27.5 Å². The zero-order valence-corrected chi connectivity index (χ0v) is 15.3. The molecule has 4 nitrogen and oxygen atoms in total. The molecule has 4 aromatic rings. The summed E-state index contributed by atoms with van der Waals surface area (Å²) in [6, 6.07) is 23.6. The molecule has 6 heteroatoms. The number of nitrogens with zero attached hydrogens (tertiary/aromatic N) is 2. The minimum absolute atomic E-state index is 0.166. The maximum absolute atomic E-state index is 13.0. The van der Waals surface area contributed by atoms with E-state index in [4.69, 9.17) is 0 Å². The van der Waals surface area contributed by atoms with Gasteiger partial charge in [-0.3, -0.25) is 4.79 Å². The number of thiophene rings is 1. The Morgan fingerprint density at radius 1 is 0.885 bits per heavy atom. The van der Waals surface area contributed by atoms with Crippen LogP contribution in [0, 0.1) is 0 Å². The number of carbonyl (C=O) groups excluding carboxylic acids is 1. The van der Waals surface area contributed by atoms with Crippen molar-refractivity contribution in [1.29, 1.82) is 0 Å². The predicted octanol–water partition coefficient (Wildman–Crippen LogP) is 4.79. The van der Waals surface area contributed by atoms with E-state index in [-0.39, 0.29) is 11.9 Å². The maximum atomic E-state index is 13.0. The molecule has 0 aliphatic carbocycles. The molecule has 0 spiro atoms. The fraction of sp³-hybridized carbons (Fsp3) is 0.0500. The molecule has 0 saturated heterocycles. The summed E-state index contributed by atoms with van der Waals surface area (Å²) in [7, 11) is 0. The number of aromatic nitrogens is 2. The lowest BCUT2D eigenvalue weighted by molar-refractivity contribution is 0.0947. The normalized spacial score (nSPS) is 10.8. The van der Waals surface area contributed by atoms with E-state index in [2.05, 4.69) is 14.9 Å². The molecule has 0 fully saturated rings. The van der Waals surface area contributed by atoms with Crippen molar-refractivity contribution in [3.8, 4) is 10.6 Å². The zero-order valence-electron chi connectivity index (χ0n) is 13.7. The van der Waals surface area contributed by atoms with Gasteiger partial charge in [-0.2, -0.15) is 0 Å². The van der Waals surface area contributed by atoms with E-state index in [1.54, 1.807) is 11.3 Å². The van der Waals surface area contributed by atoms with Crippen molar-refractivity contribution in [1.82, 2.24) is 14.9 Å². The summed E-state index contributed by atoms with van der Waals surface area (Å²) in [6.45, 7) is 0. The minimum Gasteiger partial charge on any atom is -0.340 e. The van der Waals surface area contributed by atoms with Gasteiger partial charge in [-0.25, -0.2) is 0 Å². The van der Waals surface area contributed by atoms with Gasteiger partial charge in [0.25, 0.3) is 5.91 Å². The Balaban J connectivity index is 1.67. The van der Waals surface area contributed by atoms with Crippen molar-refractivity contribution < 1.29 is 4.79 Å². The number of nitrogens with one attached hydrogen (secondary N) is 1. The third kappa shape index (κ3) is 3.42. The van der Waals surface area contributed by atoms with E-state index in [9.17, 15) is 4.79 Å². The Kier molecular flexibility index (Phi) is 4.86. The molecule has 2 aromatic heterocycles. The molecular formula is C20H15N3OS2. The Morgan fingerprint density at radius 3 is 2.12 bits per heavy atom. The van der Waals surface area contributed by atoms with Crippen molar-refractivity contribution in [3.05, 3.63) is 94.2 Å². The van der Waals surface area contributed by atoms with Crippen LogP contribution in [0.15, 0.2) is 78.2 Å². The lowest BCUT2D eigenvalue weighted by Gasteiger charge is -2.19. The summed E-state index contributed by atoms with van der Waals surface area (Å²) in [5.74, 6) is -0.166. The topological polar surface area (TPSA) is 54.9 Å². The molecule has 128 valence electrons. The molecule has 1 amide bonds. The van der Waals surface area contributed by atoms with Crippen LogP contribution in [-0.4, -0.2) is 15.5 Å². The van der Waals surface area contributed by atoms with Gasteiger partial charge in [0.15, 0.2) is 0 Å². The average molecular weight is 377 g/mol. The van der Waals surface area contributed by atoms with Crippen molar-refractivity contribution in [2.45, 2.75) is 6.04 Å². The number of benzene rings is 2. The van der Waals surface area contributed by atoms with Gasteiger partial charge in [-0.05, 0) is 34.1 Å². The Hall–Kier alpha value is -2.83. The largest absolute Gasteiger partial charge is 0.340 e. The highest BCUT2D eigenvalue weighted by molar-refractivity contribution is 7.14. The highest BCUT2D eigenvalue weighted by Gasteiger charge is 2.23. The first-order valence-electron chi connectivity index (χ1n) is 8.10. The van der Waals surface area contributed by atoms with Crippen molar-refractivity contribution in [2.24, 2.45) is 0 Å². The summed E-state index contributed by atoms with van der Waals surface area (Å²) >= 11 is 2.67. The van der Waals surface area contributed by atoms with Crippen LogP contribution in [0.4, 0.5) is 0 Å². The number of hydrogen-bond donors (Lipinski definition) is 1. The molecule has 0 aliphatic rings. The summed E-state index contributed by atoms with van der Waals surface area (Å²) in [6.07, 6.45) is 0. The SMILES string of the molecule is O=C(NC(c1ccccc1)c1ccccc1)c1snnc1-c1cccs1. The van der Waals surface area contributed by atoms with Crippen LogP contribution in [0.5, 0.6) is 0 Å². The van der Waals surface area contributed by atoms with Gasteiger partial charge in [0.05, 0.1) is 10.9 Å². The predicted molar refractivity (Wildman–Crippen MR) is 105 cm³/mol. The van der Waals surface area contributed by atoms with Gasteiger partial charge < -0.3 is 5.32 Å². The van der Waals surface area contributed by atoms with E-state index >= 15 is 0 Å². The van der Waals surface area contributed by atoms with Gasteiger partial charge >= 0.3 is 0 Å². The molecule has 4 rings (SSSR count). The van der Waals surface area contributed by atoms with Crippen molar-refractivity contribution in [2.75, 3.05) is 0 Å². The van der Waals surface area contributed by atoms with Gasteiger partial charge in [0.2, 0.25) is 0 Å². The number of hydrogen-bond acceptors (Lipinski definition) is 5. The fourth-order valence-electron chi connectivity index (χ4n) is 2.76. The molecule has 2 aromatic carbocycles. The lowest BCUT2D eigenvalue weighted by Crippen LogP contribution is -2.29. The van der Waals surface area contributed by atoms with Crippen LogP contribution >= 0.6 is 22.9 Å². The zero-order chi connectivity index (χ0) is 17.8. The van der Waals surface area contributed by atoms with Crippen LogP contribution < -0.4 is 5.32 Å². The third-order valence-electron chi connectivity index (χ3n) is 3.99. The molecule has 0 saturated carbocycles. The average Bonchev–Trinajstić information content (AvgIpc) is 3.38. The molecule has 2 heterocycles. The van der Waals surface area contributed by atoms with E-state index in [1.807, 2.05) is 78.2 Å². The van der Waals surface area contributed by atoms with Gasteiger partial charge in [-0.15, -0.1) is 16.4 Å². The maximum Gasteiger partial charge on any atom is 0.266 e. The van der Waals surface area contributed by atoms with E-state index in [1.165, 1.54) is 0 Å². The molecule has 1 N–H and O–H groups in total. The summed E-state index contributed by atoms with van der Waals surface area (Å²) in [5.41, 5.74) is 2.70. The molecule has 26 heavy (non-hydrogen) atoms. The smallest absolute Gasteiger partial charge is 0.266 e. The van der Waals surface area contributed by atoms with E-state index < -0.39 is 0 Å². The monoisotopic (exact) mass is 377 g/mol. The minimum atomic E-state index is -0.233. The van der Waals surface area contributed by atoms with Gasteiger partial charge in [0, 0.05) is 0 Å². The van der Waals surface area contributed by atoms with Gasteiger partial charge in [-0.1, -0.05) is 71.2 Å². The Labute approximate surface area is 159 Å². The third-order valence-corrected chi connectivity index (χ3v) is 5.59. The fourth-order valence-corrected chi connectivity index (χ4v) is 4.12. The van der Waals surface area contributed by atoms with E-state index in [0.29, 0.717) is 10.6 Å². The number of rotatable bonds is 5. The summed E-state index contributed by atoms with van der Waals surface area (Å²) in [5, 5.41) is 9.27. The Morgan fingerprint density at radius 2 is 1.54 bits per heavy atom. The number of amides is 1. The first kappa shape index (κ1) is 16.6. The van der Waals surface area contributed by atoms with Crippen molar-refractivity contribution in [3.63, 3.8) is 0 Å². The van der Waals surface area contributed by atoms with Crippen molar-refractivity contribution >= 4 is 28.8 Å².